The summed E-state index contributed by atoms with van der Waals surface area (Å²) in [4.78, 5) is 17.7. The number of carbonyl (C=O) groups is 1. The highest BCUT2D eigenvalue weighted by Gasteiger charge is 2.39. The Morgan fingerprint density at radius 2 is 1.74 bits per heavy atom. The predicted octanol–water partition coefficient (Wildman–Crippen LogP) is 4.60. The van der Waals surface area contributed by atoms with Gasteiger partial charge in [-0.2, -0.15) is 0 Å². The fraction of sp³-hybridized carbons (Fsp3) is 0.581. The van der Waals surface area contributed by atoms with Gasteiger partial charge in [0.2, 0.25) is 5.91 Å². The molecule has 2 heterocycles. The molecular formula is C31H42N2O5S. The number of fused-ring (bicyclic) bond motifs is 1. The summed E-state index contributed by atoms with van der Waals surface area (Å²) in [6.45, 7) is 4.99. The maximum atomic E-state index is 13.1. The molecule has 0 unspecified atom stereocenters. The molecule has 5 rings (SSSR count). The molecule has 1 aliphatic carbocycles. The molecule has 39 heavy (non-hydrogen) atoms. The van der Waals surface area contributed by atoms with Crippen molar-refractivity contribution in [2.24, 2.45) is 11.3 Å². The Labute approximate surface area is 233 Å². The fourth-order valence-corrected chi connectivity index (χ4v) is 7.39. The first-order valence-corrected chi connectivity index (χ1v) is 16.1. The van der Waals surface area contributed by atoms with Gasteiger partial charge in [0, 0.05) is 32.7 Å². The number of aryl methyl sites for hydroxylation is 1. The number of amides is 1. The minimum Gasteiger partial charge on any atom is -0.497 e. The molecule has 0 atom stereocenters. The van der Waals surface area contributed by atoms with Gasteiger partial charge in [0.05, 0.1) is 12.0 Å². The molecule has 0 radical (unpaired) electrons. The molecule has 1 saturated heterocycles. The topological polar surface area (TPSA) is 76.2 Å². The summed E-state index contributed by atoms with van der Waals surface area (Å²) in [5.74, 6) is 1.62. The van der Waals surface area contributed by atoms with Crippen LogP contribution >= 0.6 is 0 Å². The molecule has 0 bridgehead atoms. The Morgan fingerprint density at radius 3 is 2.46 bits per heavy atom. The number of para-hydroxylation sites is 1. The molecule has 2 aliphatic heterocycles. The molecule has 8 heteroatoms. The highest BCUT2D eigenvalue weighted by Crippen LogP contribution is 2.40. The number of benzene rings is 2. The van der Waals surface area contributed by atoms with E-state index in [9.17, 15) is 13.2 Å². The van der Waals surface area contributed by atoms with E-state index in [0.717, 1.165) is 69.8 Å². The van der Waals surface area contributed by atoms with Crippen LogP contribution in [0, 0.1) is 11.3 Å². The Bertz CT molecular complexity index is 1220. The van der Waals surface area contributed by atoms with Crippen LogP contribution in [-0.2, 0) is 21.1 Å². The van der Waals surface area contributed by atoms with Gasteiger partial charge in [-0.25, -0.2) is 8.42 Å². The molecule has 0 aromatic heterocycles. The van der Waals surface area contributed by atoms with E-state index < -0.39 is 15.6 Å². The lowest BCUT2D eigenvalue weighted by Crippen LogP contribution is -2.50. The van der Waals surface area contributed by atoms with Gasteiger partial charge in [0.25, 0.3) is 0 Å². The van der Waals surface area contributed by atoms with Gasteiger partial charge in [-0.1, -0.05) is 24.6 Å². The molecule has 0 N–H and O–H groups in total. The molecule has 2 fully saturated rings. The zero-order valence-corrected chi connectivity index (χ0v) is 24.0. The van der Waals surface area contributed by atoms with Gasteiger partial charge in [0.1, 0.15) is 23.9 Å². The van der Waals surface area contributed by atoms with Crippen molar-refractivity contribution in [2.45, 2.75) is 56.3 Å². The largest absolute Gasteiger partial charge is 0.497 e. The minimum absolute atomic E-state index is 0.152. The van der Waals surface area contributed by atoms with Gasteiger partial charge in [-0.3, -0.25) is 9.69 Å². The third-order valence-corrected chi connectivity index (χ3v) is 10.3. The smallest absolute Gasteiger partial charge is 0.238 e. The van der Waals surface area contributed by atoms with Crippen LogP contribution in [0.15, 0.2) is 53.4 Å². The van der Waals surface area contributed by atoms with Crippen LogP contribution in [0.25, 0.3) is 0 Å². The second-order valence-corrected chi connectivity index (χ2v) is 13.6. The molecule has 212 valence electrons. The lowest BCUT2D eigenvalue weighted by atomic mass is 9.73. The number of carbonyl (C=O) groups excluding carboxylic acids is 1. The molecule has 2 aromatic carbocycles. The van der Waals surface area contributed by atoms with Crippen LogP contribution < -0.4 is 9.47 Å². The number of rotatable bonds is 6. The van der Waals surface area contributed by atoms with E-state index in [-0.39, 0.29) is 16.2 Å². The van der Waals surface area contributed by atoms with Gasteiger partial charge in [0.15, 0.2) is 9.84 Å². The number of nitrogens with zero attached hydrogens (tertiary/aromatic N) is 2. The molecule has 2 aromatic rings. The second kappa shape index (κ2) is 12.3. The molecule has 1 amide bonds. The number of ether oxygens (including phenoxy) is 2. The predicted molar refractivity (Wildman–Crippen MR) is 152 cm³/mol. The van der Waals surface area contributed by atoms with Crippen LogP contribution in [0.3, 0.4) is 0 Å². The summed E-state index contributed by atoms with van der Waals surface area (Å²) in [5.41, 5.74) is 1.44. The lowest BCUT2D eigenvalue weighted by molar-refractivity contribution is -0.131. The van der Waals surface area contributed by atoms with E-state index in [4.69, 9.17) is 9.47 Å². The van der Waals surface area contributed by atoms with Gasteiger partial charge in [-0.05, 0) is 92.2 Å². The summed E-state index contributed by atoms with van der Waals surface area (Å²) < 4.78 is 37.2. The first kappa shape index (κ1) is 28.0. The van der Waals surface area contributed by atoms with Crippen LogP contribution in [0.5, 0.6) is 11.5 Å². The first-order valence-electron chi connectivity index (χ1n) is 14.4. The number of piperidine rings is 1. The Kier molecular flexibility index (Phi) is 8.82. The average Bonchev–Trinajstić information content (AvgIpc) is 3.75. The van der Waals surface area contributed by atoms with Crippen molar-refractivity contribution in [3.8, 4) is 11.5 Å². The normalized spacial score (nSPS) is 20.8. The van der Waals surface area contributed by atoms with E-state index in [1.54, 1.807) is 17.0 Å². The van der Waals surface area contributed by atoms with Gasteiger partial charge in [-0.15, -0.1) is 0 Å². The Morgan fingerprint density at radius 1 is 1.00 bits per heavy atom. The molecule has 1 spiro atoms. The van der Waals surface area contributed by atoms with Crippen LogP contribution in [0.1, 0.15) is 50.5 Å². The summed E-state index contributed by atoms with van der Waals surface area (Å²) in [6.07, 6.45) is 8.89. The van der Waals surface area contributed by atoms with Crippen molar-refractivity contribution in [1.29, 1.82) is 0 Å². The maximum Gasteiger partial charge on any atom is 0.238 e. The SMILES string of the molecule is COc1ccc(S(=O)(=O)CC(=O)N2CCC3(CCCCc4ccccc4OCCN(CC4CC4)C3)CC2)cc1. The third kappa shape index (κ3) is 7.34. The number of methoxy groups -OCH3 is 1. The maximum absolute atomic E-state index is 13.1. The van der Waals surface area contributed by atoms with Crippen molar-refractivity contribution in [1.82, 2.24) is 9.80 Å². The van der Waals surface area contributed by atoms with Crippen LogP contribution in [-0.4, -0.2) is 76.3 Å². The van der Waals surface area contributed by atoms with Crippen LogP contribution in [0.2, 0.25) is 0 Å². The van der Waals surface area contributed by atoms with Crippen molar-refractivity contribution in [3.05, 3.63) is 54.1 Å². The van der Waals surface area contributed by atoms with Crippen molar-refractivity contribution in [2.75, 3.05) is 52.2 Å². The standard InChI is InChI=1S/C31H42N2O5S/c1-37-27-11-13-28(14-12-27)39(35,36)23-30(34)33-18-16-31(17-19-33)15-5-4-7-26-6-2-3-8-29(26)38-21-20-32(24-31)22-25-9-10-25/h2-3,6,8,11-14,25H,4-5,7,9-10,15-24H2,1H3. The van der Waals surface area contributed by atoms with Crippen molar-refractivity contribution in [3.63, 3.8) is 0 Å². The van der Waals surface area contributed by atoms with E-state index in [1.165, 1.54) is 37.6 Å². The Balaban J connectivity index is 1.23. The number of sulfone groups is 1. The molecule has 1 saturated carbocycles. The summed E-state index contributed by atoms with van der Waals surface area (Å²) in [7, 11) is -2.16. The molecule has 3 aliphatic rings. The van der Waals surface area contributed by atoms with E-state index >= 15 is 0 Å². The van der Waals surface area contributed by atoms with E-state index in [0.29, 0.717) is 25.4 Å². The fourth-order valence-electron chi connectivity index (χ4n) is 6.16. The number of likely N-dealkylation sites (tertiary alicyclic amines) is 1. The quantitative estimate of drug-likeness (QED) is 0.520. The molecular weight excluding hydrogens is 512 g/mol. The first-order chi connectivity index (χ1) is 18.9. The summed E-state index contributed by atoms with van der Waals surface area (Å²) in [5, 5.41) is 0. The highest BCUT2D eigenvalue weighted by atomic mass is 32.2. The van der Waals surface area contributed by atoms with Crippen molar-refractivity contribution < 1.29 is 22.7 Å². The Hall–Kier alpha value is -2.58. The van der Waals surface area contributed by atoms with Gasteiger partial charge >= 0.3 is 0 Å². The highest BCUT2D eigenvalue weighted by molar-refractivity contribution is 7.92. The molecule has 7 nitrogen and oxygen atoms in total. The average molecular weight is 555 g/mol. The zero-order chi connectivity index (χ0) is 27.3. The van der Waals surface area contributed by atoms with Crippen molar-refractivity contribution >= 4 is 15.7 Å². The summed E-state index contributed by atoms with van der Waals surface area (Å²) in [6, 6.07) is 14.7. The van der Waals surface area contributed by atoms with Crippen LogP contribution in [0.4, 0.5) is 0 Å². The monoisotopic (exact) mass is 554 g/mol. The van der Waals surface area contributed by atoms with E-state index in [2.05, 4.69) is 29.2 Å². The second-order valence-electron chi connectivity index (χ2n) is 11.7. The number of hydrogen-bond acceptors (Lipinski definition) is 6. The van der Waals surface area contributed by atoms with Gasteiger partial charge < -0.3 is 14.4 Å². The third-order valence-electron chi connectivity index (χ3n) is 8.72. The van der Waals surface area contributed by atoms with E-state index in [1.807, 2.05) is 0 Å². The lowest BCUT2D eigenvalue weighted by Gasteiger charge is -2.45. The summed E-state index contributed by atoms with van der Waals surface area (Å²) >= 11 is 0. The zero-order valence-electron chi connectivity index (χ0n) is 23.1. The number of hydrogen-bond donors (Lipinski definition) is 0. The minimum atomic E-state index is -3.70.